The number of rotatable bonds is 3. The van der Waals surface area contributed by atoms with Gasteiger partial charge < -0.3 is 9.84 Å². The minimum atomic E-state index is -0.627. The molecular formula is C13H10BrFO2. The highest BCUT2D eigenvalue weighted by atomic mass is 79.9. The summed E-state index contributed by atoms with van der Waals surface area (Å²) in [6, 6.07) is 11.5. The van der Waals surface area contributed by atoms with Gasteiger partial charge in [0.15, 0.2) is 11.6 Å². The van der Waals surface area contributed by atoms with Crippen molar-refractivity contribution in [3.05, 3.63) is 58.3 Å². The summed E-state index contributed by atoms with van der Waals surface area (Å²) in [6.07, 6.45) is 0. The molecule has 2 nitrogen and oxygen atoms in total. The zero-order chi connectivity index (χ0) is 12.3. The van der Waals surface area contributed by atoms with Gasteiger partial charge in [-0.15, -0.1) is 0 Å². The van der Waals surface area contributed by atoms with Crippen molar-refractivity contribution >= 4 is 15.9 Å². The quantitative estimate of drug-likeness (QED) is 0.931. The molecule has 0 aliphatic carbocycles. The lowest BCUT2D eigenvalue weighted by Gasteiger charge is -2.06. The standard InChI is InChI=1S/C13H10BrFO2/c14-10-2-4-11(5-3-10)17-8-9-1-6-12(15)13(16)7-9/h1-7,16H,8H2. The third-order valence-electron chi connectivity index (χ3n) is 2.23. The van der Waals surface area contributed by atoms with E-state index >= 15 is 0 Å². The third kappa shape index (κ3) is 3.20. The summed E-state index contributed by atoms with van der Waals surface area (Å²) in [7, 11) is 0. The lowest BCUT2D eigenvalue weighted by Crippen LogP contribution is -1.95. The van der Waals surface area contributed by atoms with Gasteiger partial charge in [0.05, 0.1) is 0 Å². The summed E-state index contributed by atoms with van der Waals surface area (Å²) in [6.45, 7) is 0.287. The minimum Gasteiger partial charge on any atom is -0.505 e. The minimum absolute atomic E-state index is 0.287. The monoisotopic (exact) mass is 296 g/mol. The van der Waals surface area contributed by atoms with E-state index in [9.17, 15) is 9.50 Å². The van der Waals surface area contributed by atoms with Crippen LogP contribution >= 0.6 is 15.9 Å². The van der Waals surface area contributed by atoms with Crippen LogP contribution in [0.4, 0.5) is 4.39 Å². The fourth-order valence-electron chi connectivity index (χ4n) is 1.35. The van der Waals surface area contributed by atoms with Gasteiger partial charge >= 0.3 is 0 Å². The number of hydrogen-bond donors (Lipinski definition) is 1. The predicted molar refractivity (Wildman–Crippen MR) is 66.5 cm³/mol. The van der Waals surface area contributed by atoms with Crippen LogP contribution in [0.5, 0.6) is 11.5 Å². The average molecular weight is 297 g/mol. The Bertz CT molecular complexity index is 511. The molecule has 2 aromatic rings. The number of hydrogen-bond acceptors (Lipinski definition) is 2. The average Bonchev–Trinajstić information content (AvgIpc) is 2.33. The van der Waals surface area contributed by atoms with Crippen LogP contribution in [0, 0.1) is 5.82 Å². The smallest absolute Gasteiger partial charge is 0.164 e. The summed E-state index contributed by atoms with van der Waals surface area (Å²) < 4.78 is 19.3. The van der Waals surface area contributed by atoms with Crippen LogP contribution in [-0.4, -0.2) is 5.11 Å². The van der Waals surface area contributed by atoms with Gasteiger partial charge in [-0.1, -0.05) is 22.0 Å². The first-order valence-corrected chi connectivity index (χ1v) is 5.80. The Hall–Kier alpha value is -1.55. The molecule has 0 bridgehead atoms. The first-order valence-electron chi connectivity index (χ1n) is 5.01. The molecule has 0 fully saturated rings. The molecule has 0 heterocycles. The summed E-state index contributed by atoms with van der Waals surface area (Å²) in [5.74, 6) is -0.267. The SMILES string of the molecule is Oc1cc(COc2ccc(Br)cc2)ccc1F. The van der Waals surface area contributed by atoms with Gasteiger partial charge in [-0.25, -0.2) is 4.39 Å². The van der Waals surface area contributed by atoms with Gasteiger partial charge in [0.2, 0.25) is 0 Å². The Morgan fingerprint density at radius 2 is 1.82 bits per heavy atom. The van der Waals surface area contributed by atoms with Crippen LogP contribution < -0.4 is 4.74 Å². The molecule has 1 N–H and O–H groups in total. The van der Waals surface area contributed by atoms with Crippen LogP contribution in [0.15, 0.2) is 46.9 Å². The topological polar surface area (TPSA) is 29.5 Å². The molecule has 0 aliphatic heterocycles. The van der Waals surface area contributed by atoms with Crippen molar-refractivity contribution < 1.29 is 14.2 Å². The van der Waals surface area contributed by atoms with E-state index in [1.807, 2.05) is 24.3 Å². The highest BCUT2D eigenvalue weighted by molar-refractivity contribution is 9.10. The number of phenolic OH excluding ortho intramolecular Hbond substituents is 1. The highest BCUT2D eigenvalue weighted by Gasteiger charge is 2.02. The van der Waals surface area contributed by atoms with Crippen molar-refractivity contribution in [1.82, 2.24) is 0 Å². The maximum Gasteiger partial charge on any atom is 0.164 e. The molecule has 0 radical (unpaired) electrons. The summed E-state index contributed by atoms with van der Waals surface area (Å²) in [5, 5.41) is 9.20. The molecule has 0 saturated carbocycles. The van der Waals surface area contributed by atoms with Crippen LogP contribution in [0.25, 0.3) is 0 Å². The van der Waals surface area contributed by atoms with E-state index in [2.05, 4.69) is 15.9 Å². The van der Waals surface area contributed by atoms with Crippen LogP contribution in [-0.2, 0) is 6.61 Å². The maximum absolute atomic E-state index is 12.8. The number of aromatic hydroxyl groups is 1. The molecule has 88 valence electrons. The van der Waals surface area contributed by atoms with Gasteiger partial charge in [0.25, 0.3) is 0 Å². The molecule has 0 aliphatic rings. The van der Waals surface area contributed by atoms with E-state index in [1.165, 1.54) is 12.1 Å². The second-order valence-electron chi connectivity index (χ2n) is 3.53. The van der Waals surface area contributed by atoms with Crippen LogP contribution in [0.3, 0.4) is 0 Å². The molecule has 0 unspecified atom stereocenters. The number of phenols is 1. The van der Waals surface area contributed by atoms with Crippen LogP contribution in [0.2, 0.25) is 0 Å². The molecular weight excluding hydrogens is 287 g/mol. The molecule has 0 saturated heterocycles. The van der Waals surface area contributed by atoms with Crippen LogP contribution in [0.1, 0.15) is 5.56 Å². The van der Waals surface area contributed by atoms with E-state index in [0.29, 0.717) is 5.56 Å². The van der Waals surface area contributed by atoms with Crippen molar-refractivity contribution in [2.24, 2.45) is 0 Å². The third-order valence-corrected chi connectivity index (χ3v) is 2.76. The largest absolute Gasteiger partial charge is 0.505 e. The van der Waals surface area contributed by atoms with Gasteiger partial charge in [-0.05, 0) is 42.0 Å². The van der Waals surface area contributed by atoms with Gasteiger partial charge in [0.1, 0.15) is 12.4 Å². The Morgan fingerprint density at radius 3 is 2.47 bits per heavy atom. The summed E-state index contributed by atoms with van der Waals surface area (Å²) in [5.41, 5.74) is 0.715. The lowest BCUT2D eigenvalue weighted by molar-refractivity contribution is 0.305. The first-order chi connectivity index (χ1) is 8.15. The Morgan fingerprint density at radius 1 is 1.12 bits per heavy atom. The van der Waals surface area contributed by atoms with Crippen molar-refractivity contribution in [2.45, 2.75) is 6.61 Å². The number of ether oxygens (including phenoxy) is 1. The van der Waals surface area contributed by atoms with Gasteiger partial charge in [-0.3, -0.25) is 0 Å². The molecule has 0 atom stereocenters. The molecule has 2 aromatic carbocycles. The first kappa shape index (κ1) is 11.9. The van der Waals surface area contributed by atoms with Gasteiger partial charge in [0, 0.05) is 4.47 Å². The molecule has 0 spiro atoms. The lowest BCUT2D eigenvalue weighted by atomic mass is 10.2. The molecule has 4 heteroatoms. The van der Waals surface area contributed by atoms with Crippen molar-refractivity contribution in [2.75, 3.05) is 0 Å². The Labute approximate surface area is 107 Å². The van der Waals surface area contributed by atoms with Crippen molar-refractivity contribution in [3.63, 3.8) is 0 Å². The van der Waals surface area contributed by atoms with E-state index in [1.54, 1.807) is 6.07 Å². The maximum atomic E-state index is 12.8. The Balaban J connectivity index is 2.02. The molecule has 17 heavy (non-hydrogen) atoms. The van der Waals surface area contributed by atoms with E-state index in [-0.39, 0.29) is 12.4 Å². The fourth-order valence-corrected chi connectivity index (χ4v) is 1.61. The molecule has 0 aromatic heterocycles. The highest BCUT2D eigenvalue weighted by Crippen LogP contribution is 2.20. The summed E-state index contributed by atoms with van der Waals surface area (Å²) >= 11 is 3.33. The van der Waals surface area contributed by atoms with Gasteiger partial charge in [-0.2, -0.15) is 0 Å². The second kappa shape index (κ2) is 5.19. The fraction of sp³-hybridized carbons (Fsp3) is 0.0769. The van der Waals surface area contributed by atoms with E-state index < -0.39 is 5.82 Å². The van der Waals surface area contributed by atoms with Crippen molar-refractivity contribution in [1.29, 1.82) is 0 Å². The Kier molecular flexibility index (Phi) is 3.64. The number of benzene rings is 2. The zero-order valence-corrected chi connectivity index (χ0v) is 10.4. The zero-order valence-electron chi connectivity index (χ0n) is 8.86. The predicted octanol–water partition coefficient (Wildman–Crippen LogP) is 3.87. The number of halogens is 2. The summed E-state index contributed by atoms with van der Waals surface area (Å²) in [4.78, 5) is 0. The second-order valence-corrected chi connectivity index (χ2v) is 4.44. The van der Waals surface area contributed by atoms with E-state index in [4.69, 9.17) is 4.74 Å². The van der Waals surface area contributed by atoms with Crippen molar-refractivity contribution in [3.8, 4) is 11.5 Å². The van der Waals surface area contributed by atoms with E-state index in [0.717, 1.165) is 10.2 Å². The molecule has 0 amide bonds. The molecule has 2 rings (SSSR count). The normalized spacial score (nSPS) is 10.2.